The van der Waals surface area contributed by atoms with Gasteiger partial charge in [-0.05, 0) is 6.92 Å². The van der Waals surface area contributed by atoms with Crippen molar-refractivity contribution in [2.75, 3.05) is 0 Å². The zero-order valence-electron chi connectivity index (χ0n) is 8.25. The van der Waals surface area contributed by atoms with Crippen LogP contribution in [0.2, 0.25) is 0 Å². The zero-order valence-corrected chi connectivity index (χ0v) is 8.25. The molecule has 5 nitrogen and oxygen atoms in total. The molecule has 0 N–H and O–H groups in total. The van der Waals surface area contributed by atoms with Crippen LogP contribution in [-0.4, -0.2) is 19.7 Å². The Morgan fingerprint density at radius 1 is 1.47 bits per heavy atom. The molecule has 0 amide bonds. The van der Waals surface area contributed by atoms with Gasteiger partial charge in [-0.2, -0.15) is 10.4 Å². The van der Waals surface area contributed by atoms with E-state index < -0.39 is 0 Å². The standard InChI is InChI=1S/C10H9N5/c1-2-15-7-8(5-11)10(14-15)9-6-12-3-4-13-9/h3-4,6-7H,2H2,1H3. The van der Waals surface area contributed by atoms with E-state index in [0.717, 1.165) is 6.54 Å². The van der Waals surface area contributed by atoms with E-state index in [4.69, 9.17) is 5.26 Å². The summed E-state index contributed by atoms with van der Waals surface area (Å²) in [6.07, 6.45) is 6.49. The Bertz CT molecular complexity index is 494. The van der Waals surface area contributed by atoms with Crippen LogP contribution in [-0.2, 0) is 6.54 Å². The molecule has 0 spiro atoms. The molecule has 0 aliphatic heterocycles. The molecule has 0 aromatic carbocycles. The molecule has 15 heavy (non-hydrogen) atoms. The molecule has 2 aromatic heterocycles. The second-order valence-electron chi connectivity index (χ2n) is 2.95. The van der Waals surface area contributed by atoms with Crippen molar-refractivity contribution in [1.82, 2.24) is 19.7 Å². The van der Waals surface area contributed by atoms with Crippen molar-refractivity contribution >= 4 is 0 Å². The van der Waals surface area contributed by atoms with Gasteiger partial charge in [-0.3, -0.25) is 14.6 Å². The Morgan fingerprint density at radius 2 is 2.33 bits per heavy atom. The van der Waals surface area contributed by atoms with Crippen LogP contribution in [0.15, 0.2) is 24.8 Å². The quantitative estimate of drug-likeness (QED) is 0.729. The topological polar surface area (TPSA) is 67.4 Å². The number of hydrogen-bond donors (Lipinski definition) is 0. The molecule has 0 radical (unpaired) electrons. The maximum absolute atomic E-state index is 8.94. The summed E-state index contributed by atoms with van der Waals surface area (Å²) in [5, 5.41) is 13.2. The smallest absolute Gasteiger partial charge is 0.130 e. The fraction of sp³-hybridized carbons (Fsp3) is 0.200. The summed E-state index contributed by atoms with van der Waals surface area (Å²) < 4.78 is 1.71. The highest BCUT2D eigenvalue weighted by atomic mass is 15.3. The second-order valence-corrected chi connectivity index (χ2v) is 2.95. The fourth-order valence-corrected chi connectivity index (χ4v) is 1.28. The van der Waals surface area contributed by atoms with Gasteiger partial charge >= 0.3 is 0 Å². The number of aryl methyl sites for hydroxylation is 1. The van der Waals surface area contributed by atoms with Gasteiger partial charge in [0.1, 0.15) is 17.5 Å². The minimum atomic E-state index is 0.525. The monoisotopic (exact) mass is 199 g/mol. The van der Waals surface area contributed by atoms with E-state index in [0.29, 0.717) is 17.0 Å². The van der Waals surface area contributed by atoms with E-state index in [9.17, 15) is 0 Å². The van der Waals surface area contributed by atoms with Gasteiger partial charge in [0.05, 0.1) is 11.8 Å². The third-order valence-corrected chi connectivity index (χ3v) is 2.01. The lowest BCUT2D eigenvalue weighted by atomic mass is 10.2. The van der Waals surface area contributed by atoms with Crippen LogP contribution in [0.4, 0.5) is 0 Å². The maximum atomic E-state index is 8.94. The van der Waals surface area contributed by atoms with Crippen molar-refractivity contribution in [3.05, 3.63) is 30.4 Å². The summed E-state index contributed by atoms with van der Waals surface area (Å²) in [5.74, 6) is 0. The first-order valence-electron chi connectivity index (χ1n) is 4.59. The summed E-state index contributed by atoms with van der Waals surface area (Å²) >= 11 is 0. The molecule has 0 aliphatic rings. The summed E-state index contributed by atoms with van der Waals surface area (Å²) in [7, 11) is 0. The lowest BCUT2D eigenvalue weighted by Crippen LogP contribution is -1.94. The molecule has 0 atom stereocenters. The predicted molar refractivity (Wildman–Crippen MR) is 53.6 cm³/mol. The molecule has 2 aromatic rings. The van der Waals surface area contributed by atoms with Crippen LogP contribution in [0.5, 0.6) is 0 Å². The van der Waals surface area contributed by atoms with Crippen LogP contribution in [0, 0.1) is 11.3 Å². The molecular formula is C10H9N5. The average Bonchev–Trinajstić information content (AvgIpc) is 2.73. The SMILES string of the molecule is CCn1cc(C#N)c(-c2cnccn2)n1. The van der Waals surface area contributed by atoms with E-state index >= 15 is 0 Å². The van der Waals surface area contributed by atoms with Crippen molar-refractivity contribution in [2.24, 2.45) is 0 Å². The number of rotatable bonds is 2. The molecule has 2 rings (SSSR count). The van der Waals surface area contributed by atoms with Crippen LogP contribution in [0.1, 0.15) is 12.5 Å². The minimum Gasteiger partial charge on any atom is -0.271 e. The van der Waals surface area contributed by atoms with Gasteiger partial charge in [0.15, 0.2) is 0 Å². The highest BCUT2D eigenvalue weighted by Gasteiger charge is 2.11. The third-order valence-electron chi connectivity index (χ3n) is 2.01. The molecule has 0 fully saturated rings. The third kappa shape index (κ3) is 1.70. The number of nitrogens with zero attached hydrogens (tertiary/aromatic N) is 5. The Hall–Kier alpha value is -2.22. The lowest BCUT2D eigenvalue weighted by Gasteiger charge is -1.94. The molecule has 5 heteroatoms. The molecule has 0 aliphatic carbocycles. The van der Waals surface area contributed by atoms with Crippen LogP contribution in [0.25, 0.3) is 11.4 Å². The van der Waals surface area contributed by atoms with Gasteiger partial charge in [0.2, 0.25) is 0 Å². The molecule has 0 saturated carbocycles. The summed E-state index contributed by atoms with van der Waals surface area (Å²) in [6, 6.07) is 2.10. The summed E-state index contributed by atoms with van der Waals surface area (Å²) in [6.45, 7) is 2.70. The number of nitriles is 1. The van der Waals surface area contributed by atoms with E-state index in [1.807, 2.05) is 6.92 Å². The van der Waals surface area contributed by atoms with Gasteiger partial charge in [-0.15, -0.1) is 0 Å². The predicted octanol–water partition coefficient (Wildman–Crippen LogP) is 1.23. The van der Waals surface area contributed by atoms with E-state index in [2.05, 4.69) is 21.1 Å². The minimum absolute atomic E-state index is 0.525. The second kappa shape index (κ2) is 3.88. The van der Waals surface area contributed by atoms with E-state index in [1.165, 1.54) is 0 Å². The Balaban J connectivity index is 2.53. The first-order chi connectivity index (χ1) is 7.35. The molecule has 0 unspecified atom stereocenters. The molecule has 0 saturated heterocycles. The normalized spacial score (nSPS) is 9.87. The zero-order chi connectivity index (χ0) is 10.7. The van der Waals surface area contributed by atoms with Crippen molar-refractivity contribution in [1.29, 1.82) is 5.26 Å². The van der Waals surface area contributed by atoms with Gasteiger partial charge < -0.3 is 0 Å². The molecule has 0 bridgehead atoms. The first-order valence-corrected chi connectivity index (χ1v) is 4.59. The summed E-state index contributed by atoms with van der Waals surface area (Å²) in [5.41, 5.74) is 1.74. The average molecular weight is 199 g/mol. The van der Waals surface area contributed by atoms with Crippen molar-refractivity contribution in [2.45, 2.75) is 13.5 Å². The lowest BCUT2D eigenvalue weighted by molar-refractivity contribution is 0.661. The highest BCUT2D eigenvalue weighted by molar-refractivity contribution is 5.61. The van der Waals surface area contributed by atoms with Crippen molar-refractivity contribution < 1.29 is 0 Å². The Morgan fingerprint density at radius 3 is 2.93 bits per heavy atom. The molecular weight excluding hydrogens is 190 g/mol. The number of hydrogen-bond acceptors (Lipinski definition) is 4. The van der Waals surface area contributed by atoms with E-state index in [1.54, 1.807) is 29.5 Å². The molecule has 74 valence electrons. The van der Waals surface area contributed by atoms with E-state index in [-0.39, 0.29) is 0 Å². The highest BCUT2D eigenvalue weighted by Crippen LogP contribution is 2.17. The maximum Gasteiger partial charge on any atom is 0.130 e. The van der Waals surface area contributed by atoms with Crippen LogP contribution < -0.4 is 0 Å². The Kier molecular flexibility index (Phi) is 2.42. The van der Waals surface area contributed by atoms with Gasteiger partial charge in [-0.25, -0.2) is 0 Å². The van der Waals surface area contributed by atoms with Gasteiger partial charge in [-0.1, -0.05) is 0 Å². The van der Waals surface area contributed by atoms with Crippen molar-refractivity contribution in [3.63, 3.8) is 0 Å². The Labute approximate surface area is 87.0 Å². The van der Waals surface area contributed by atoms with Crippen molar-refractivity contribution in [3.8, 4) is 17.5 Å². The van der Waals surface area contributed by atoms with Gasteiger partial charge in [0.25, 0.3) is 0 Å². The largest absolute Gasteiger partial charge is 0.271 e. The van der Waals surface area contributed by atoms with Crippen LogP contribution >= 0.6 is 0 Å². The summed E-state index contributed by atoms with van der Waals surface area (Å²) in [4.78, 5) is 8.07. The fourth-order valence-electron chi connectivity index (χ4n) is 1.28. The molecule has 2 heterocycles. The first kappa shape index (κ1) is 9.34. The van der Waals surface area contributed by atoms with Crippen LogP contribution in [0.3, 0.4) is 0 Å². The van der Waals surface area contributed by atoms with Gasteiger partial charge in [0, 0.05) is 25.1 Å². The number of aromatic nitrogens is 4.